The summed E-state index contributed by atoms with van der Waals surface area (Å²) in [6.45, 7) is 3.17. The highest BCUT2D eigenvalue weighted by Crippen LogP contribution is 2.43. The van der Waals surface area contributed by atoms with E-state index >= 15 is 0 Å². The Balaban J connectivity index is 1.89. The summed E-state index contributed by atoms with van der Waals surface area (Å²) in [4.78, 5) is 13.6. The molecule has 108 valence electrons. The highest BCUT2D eigenvalue weighted by Gasteiger charge is 2.52. The number of rotatable bonds is 1. The third kappa shape index (κ3) is 2.17. The monoisotopic (exact) mass is 294 g/mol. The van der Waals surface area contributed by atoms with Crippen molar-refractivity contribution < 1.29 is 13.6 Å². The van der Waals surface area contributed by atoms with Crippen molar-refractivity contribution in [3.8, 4) is 0 Å². The summed E-state index contributed by atoms with van der Waals surface area (Å²) in [5.74, 6) is 0.00864. The third-order valence-corrected chi connectivity index (χ3v) is 5.41. The van der Waals surface area contributed by atoms with Crippen LogP contribution in [0.5, 0.6) is 0 Å². The quantitative estimate of drug-likeness (QED) is 0.728. The van der Waals surface area contributed by atoms with Gasteiger partial charge in [0.2, 0.25) is 5.91 Å². The summed E-state index contributed by atoms with van der Waals surface area (Å²) >= 11 is 0. The lowest BCUT2D eigenvalue weighted by Gasteiger charge is -2.53. The van der Waals surface area contributed by atoms with Gasteiger partial charge in [0.05, 0.1) is 13.1 Å². The second-order valence-corrected chi connectivity index (χ2v) is 7.92. The molecule has 2 aliphatic rings. The lowest BCUT2D eigenvalue weighted by Crippen LogP contribution is -2.66. The fourth-order valence-electron chi connectivity index (χ4n) is 3.23. The van der Waals surface area contributed by atoms with Gasteiger partial charge in [0, 0.05) is 24.6 Å². The minimum atomic E-state index is -3.13. The smallest absolute Gasteiger partial charge is 0.223 e. The average molecular weight is 294 g/mol. The zero-order valence-corrected chi connectivity index (χ0v) is 12.5. The fraction of sp³-hybridized carbons (Fsp3) is 0.500. The standard InChI is InChI=1S/C14H18N2O3S/c1-11(17)16-10-14(8-15(9-14)20(2,18)19)7-12-5-3-4-6-13(12)16/h3-6H,7-10H2,1-2H3. The molecule has 5 nitrogen and oxygen atoms in total. The first-order valence-electron chi connectivity index (χ1n) is 6.62. The number of nitrogens with zero attached hydrogens (tertiary/aromatic N) is 2. The summed E-state index contributed by atoms with van der Waals surface area (Å²) in [7, 11) is -3.13. The Hall–Kier alpha value is -1.24. The predicted molar refractivity (Wildman–Crippen MR) is 76.9 cm³/mol. The Morgan fingerprint density at radius 1 is 1.30 bits per heavy atom. The van der Waals surface area contributed by atoms with Gasteiger partial charge in [-0.25, -0.2) is 0 Å². The number of carbonyl (C=O) groups is 1. The minimum Gasteiger partial charge on any atom is -0.598 e. The van der Waals surface area contributed by atoms with Crippen molar-refractivity contribution >= 4 is 22.0 Å². The maximum Gasteiger partial charge on any atom is 0.223 e. The first-order chi connectivity index (χ1) is 9.31. The number of anilines is 1. The second-order valence-electron chi connectivity index (χ2n) is 5.94. The summed E-state index contributed by atoms with van der Waals surface area (Å²) in [6.07, 6.45) is 2.07. The van der Waals surface area contributed by atoms with Gasteiger partial charge in [0.15, 0.2) is 0 Å². The summed E-state index contributed by atoms with van der Waals surface area (Å²) in [5.41, 5.74) is 1.97. The molecule has 1 fully saturated rings. The second kappa shape index (κ2) is 4.38. The van der Waals surface area contributed by atoms with Crippen molar-refractivity contribution in [1.29, 1.82) is 0 Å². The van der Waals surface area contributed by atoms with Gasteiger partial charge in [0.1, 0.15) is 16.7 Å². The topological polar surface area (TPSA) is 63.7 Å². The predicted octanol–water partition coefficient (Wildman–Crippen LogP) is 1.07. The van der Waals surface area contributed by atoms with Crippen LogP contribution in [0.3, 0.4) is 0 Å². The van der Waals surface area contributed by atoms with Crippen LogP contribution in [-0.2, 0) is 25.8 Å². The molecule has 0 bridgehead atoms. The Morgan fingerprint density at radius 2 is 1.95 bits per heavy atom. The number of hydrogen-bond acceptors (Lipinski definition) is 3. The van der Waals surface area contributed by atoms with E-state index in [2.05, 4.69) is 0 Å². The van der Waals surface area contributed by atoms with E-state index < -0.39 is 10.4 Å². The zero-order valence-electron chi connectivity index (χ0n) is 11.7. The first kappa shape index (κ1) is 13.7. The normalized spacial score (nSPS) is 23.9. The molecule has 1 atom stereocenters. The van der Waals surface area contributed by atoms with Crippen LogP contribution in [0.15, 0.2) is 24.3 Å². The van der Waals surface area contributed by atoms with E-state index in [0.717, 1.165) is 17.7 Å². The third-order valence-electron chi connectivity index (χ3n) is 4.21. The molecule has 0 saturated carbocycles. The molecule has 2 heterocycles. The first-order valence-corrected chi connectivity index (χ1v) is 8.47. The molecule has 1 saturated heterocycles. The van der Waals surface area contributed by atoms with Crippen molar-refractivity contribution in [2.75, 3.05) is 30.8 Å². The summed E-state index contributed by atoms with van der Waals surface area (Å²) < 4.78 is 24.6. The van der Waals surface area contributed by atoms with Crippen molar-refractivity contribution in [3.05, 3.63) is 29.8 Å². The molecule has 2 aliphatic heterocycles. The van der Waals surface area contributed by atoms with Crippen molar-refractivity contribution in [2.45, 2.75) is 13.3 Å². The molecule has 1 spiro atoms. The van der Waals surface area contributed by atoms with Gasteiger partial charge in [-0.3, -0.25) is 4.79 Å². The van der Waals surface area contributed by atoms with Crippen LogP contribution in [-0.4, -0.2) is 40.7 Å². The molecule has 3 rings (SSSR count). The Kier molecular flexibility index (Phi) is 3.00. The molecule has 1 aromatic rings. The van der Waals surface area contributed by atoms with Gasteiger partial charge in [-0.05, 0) is 18.1 Å². The fourth-order valence-corrected chi connectivity index (χ4v) is 4.25. The van der Waals surface area contributed by atoms with E-state index in [1.807, 2.05) is 24.3 Å². The summed E-state index contributed by atoms with van der Waals surface area (Å²) in [5, 5.41) is 0. The van der Waals surface area contributed by atoms with E-state index in [1.54, 1.807) is 11.8 Å². The number of fused-ring (bicyclic) bond motifs is 1. The van der Waals surface area contributed by atoms with E-state index in [1.165, 1.54) is 10.6 Å². The van der Waals surface area contributed by atoms with Gasteiger partial charge < -0.3 is 9.45 Å². The van der Waals surface area contributed by atoms with Crippen LogP contribution < -0.4 is 4.90 Å². The zero-order chi connectivity index (χ0) is 14.5. The van der Waals surface area contributed by atoms with Crippen molar-refractivity contribution in [3.63, 3.8) is 0 Å². The van der Waals surface area contributed by atoms with E-state index in [-0.39, 0.29) is 11.3 Å². The maximum absolute atomic E-state index is 11.9. The molecule has 0 aromatic heterocycles. The Morgan fingerprint density at radius 3 is 2.55 bits per heavy atom. The average Bonchev–Trinajstić information content (AvgIpc) is 2.33. The molecule has 0 radical (unpaired) electrons. The molecular weight excluding hydrogens is 276 g/mol. The lowest BCUT2D eigenvalue weighted by molar-refractivity contribution is -0.117. The van der Waals surface area contributed by atoms with Gasteiger partial charge in [-0.1, -0.05) is 22.4 Å². The SMILES string of the molecule is CC(=O)N1CC2(Cc3ccccc31)CN([S+](C)(=O)[O-])C2. The number of carbonyl (C=O) groups excluding carboxylic acids is 1. The number of para-hydroxylation sites is 1. The van der Waals surface area contributed by atoms with E-state index in [9.17, 15) is 13.6 Å². The van der Waals surface area contributed by atoms with Gasteiger partial charge in [-0.2, -0.15) is 0 Å². The van der Waals surface area contributed by atoms with Crippen LogP contribution in [0, 0.1) is 5.41 Å². The molecule has 20 heavy (non-hydrogen) atoms. The highest BCUT2D eigenvalue weighted by molar-refractivity contribution is 7.94. The van der Waals surface area contributed by atoms with Crippen LogP contribution in [0.1, 0.15) is 12.5 Å². The maximum atomic E-state index is 11.9. The molecule has 6 heteroatoms. The molecule has 0 N–H and O–H groups in total. The molecule has 1 unspecified atom stereocenters. The minimum absolute atomic E-state index is 0.00864. The molecule has 0 aliphatic carbocycles. The van der Waals surface area contributed by atoms with Gasteiger partial charge in [-0.15, -0.1) is 4.31 Å². The number of sulfonamides is 1. The Bertz CT molecular complexity index is 604. The van der Waals surface area contributed by atoms with Crippen molar-refractivity contribution in [1.82, 2.24) is 4.31 Å². The van der Waals surface area contributed by atoms with E-state index in [4.69, 9.17) is 0 Å². The molecule has 1 amide bonds. The number of benzene rings is 1. The highest BCUT2D eigenvalue weighted by atomic mass is 32.3. The van der Waals surface area contributed by atoms with Crippen LogP contribution in [0.4, 0.5) is 5.69 Å². The Labute approximate surface area is 120 Å². The van der Waals surface area contributed by atoms with Crippen LogP contribution >= 0.6 is 0 Å². The number of hydrogen-bond donors (Lipinski definition) is 0. The number of amides is 1. The summed E-state index contributed by atoms with van der Waals surface area (Å²) in [6, 6.07) is 7.87. The van der Waals surface area contributed by atoms with Crippen molar-refractivity contribution in [2.24, 2.45) is 5.41 Å². The van der Waals surface area contributed by atoms with E-state index in [0.29, 0.717) is 19.6 Å². The van der Waals surface area contributed by atoms with Crippen LogP contribution in [0.2, 0.25) is 0 Å². The largest absolute Gasteiger partial charge is 0.598 e. The van der Waals surface area contributed by atoms with Crippen LogP contribution in [0.25, 0.3) is 0 Å². The molecule has 1 aromatic carbocycles. The molecular formula is C14H18N2O3S. The van der Waals surface area contributed by atoms with Gasteiger partial charge >= 0.3 is 0 Å². The van der Waals surface area contributed by atoms with Gasteiger partial charge in [0.25, 0.3) is 0 Å². The lowest BCUT2D eigenvalue weighted by atomic mass is 9.73.